The Kier molecular flexibility index (Phi) is 6.23. The predicted molar refractivity (Wildman–Crippen MR) is 46.5 cm³/mol. The molecule has 11 heavy (non-hydrogen) atoms. The van der Waals surface area contributed by atoms with Gasteiger partial charge in [0.25, 0.3) is 0 Å². The van der Waals surface area contributed by atoms with Crippen LogP contribution in [-0.2, 0) is 11.3 Å². The van der Waals surface area contributed by atoms with Crippen LogP contribution in [0.15, 0.2) is 0 Å². The Labute approximate surface area is 72.4 Å². The zero-order valence-corrected chi connectivity index (χ0v) is 9.94. The van der Waals surface area contributed by atoms with Crippen LogP contribution in [0.4, 0.5) is 0 Å². The molecule has 0 atom stereocenters. The van der Waals surface area contributed by atoms with Gasteiger partial charge in [-0.2, -0.15) is 0 Å². The average molecular weight is 223 g/mol. The Morgan fingerprint density at radius 1 is 1.00 bits per heavy atom. The zero-order valence-electron chi connectivity index (χ0n) is 7.85. The SMILES string of the molecule is CCC[CH2][Ge]([O]C)([O]C)[O]C. The first-order chi connectivity index (χ1) is 5.24. The summed E-state index contributed by atoms with van der Waals surface area (Å²) in [5.41, 5.74) is 0. The van der Waals surface area contributed by atoms with Gasteiger partial charge < -0.3 is 0 Å². The average Bonchev–Trinajstić information content (AvgIpc) is 2.08. The molecule has 4 heteroatoms. The van der Waals surface area contributed by atoms with Gasteiger partial charge in [-0.05, 0) is 0 Å². The van der Waals surface area contributed by atoms with Gasteiger partial charge in [-0.1, -0.05) is 0 Å². The van der Waals surface area contributed by atoms with Crippen LogP contribution >= 0.6 is 0 Å². The minimum atomic E-state index is -2.73. The van der Waals surface area contributed by atoms with E-state index in [0.29, 0.717) is 0 Å². The van der Waals surface area contributed by atoms with E-state index in [1.54, 1.807) is 21.3 Å². The summed E-state index contributed by atoms with van der Waals surface area (Å²) < 4.78 is 15.8. The van der Waals surface area contributed by atoms with Crippen LogP contribution in [-0.4, -0.2) is 35.6 Å². The first-order valence-corrected chi connectivity index (χ1v) is 7.95. The van der Waals surface area contributed by atoms with Crippen LogP contribution in [0, 0.1) is 0 Å². The number of unbranched alkanes of at least 4 members (excludes halogenated alkanes) is 1. The third kappa shape index (κ3) is 3.55. The molecule has 0 heterocycles. The van der Waals surface area contributed by atoms with Crippen LogP contribution in [0.25, 0.3) is 0 Å². The normalized spacial score (nSPS) is 12.0. The van der Waals surface area contributed by atoms with Gasteiger partial charge in [-0.15, -0.1) is 0 Å². The van der Waals surface area contributed by atoms with Crippen molar-refractivity contribution in [3.8, 4) is 0 Å². The van der Waals surface area contributed by atoms with Crippen LogP contribution in [0.5, 0.6) is 0 Å². The minimum absolute atomic E-state index is 0.958. The van der Waals surface area contributed by atoms with E-state index in [2.05, 4.69) is 6.92 Å². The number of rotatable bonds is 6. The summed E-state index contributed by atoms with van der Waals surface area (Å²) >= 11 is -2.73. The van der Waals surface area contributed by atoms with E-state index < -0.39 is 14.3 Å². The van der Waals surface area contributed by atoms with Crippen molar-refractivity contribution >= 4 is 14.3 Å². The van der Waals surface area contributed by atoms with Crippen LogP contribution in [0.1, 0.15) is 19.8 Å². The van der Waals surface area contributed by atoms with Crippen molar-refractivity contribution in [3.05, 3.63) is 0 Å². The van der Waals surface area contributed by atoms with Crippen molar-refractivity contribution < 1.29 is 11.3 Å². The molecular weight excluding hydrogens is 205 g/mol. The molecule has 0 aromatic carbocycles. The maximum absolute atomic E-state index is 5.28. The number of hydrogen-bond acceptors (Lipinski definition) is 3. The van der Waals surface area contributed by atoms with Gasteiger partial charge >= 0.3 is 71.9 Å². The number of hydrogen-bond donors (Lipinski definition) is 0. The van der Waals surface area contributed by atoms with Crippen LogP contribution < -0.4 is 0 Å². The molecule has 0 unspecified atom stereocenters. The molecule has 0 spiro atoms. The summed E-state index contributed by atoms with van der Waals surface area (Å²) in [6.07, 6.45) is 2.28. The van der Waals surface area contributed by atoms with E-state index in [1.165, 1.54) is 0 Å². The Morgan fingerprint density at radius 3 is 1.73 bits per heavy atom. The summed E-state index contributed by atoms with van der Waals surface area (Å²) in [6.45, 7) is 2.15. The maximum atomic E-state index is 5.28. The van der Waals surface area contributed by atoms with Gasteiger partial charge in [0.2, 0.25) is 0 Å². The molecule has 0 fully saturated rings. The Hall–Kier alpha value is 0.423. The molecule has 68 valence electrons. The summed E-state index contributed by atoms with van der Waals surface area (Å²) in [6, 6.07) is 0. The zero-order chi connectivity index (χ0) is 8.74. The third-order valence-electron chi connectivity index (χ3n) is 1.77. The second-order valence-electron chi connectivity index (χ2n) is 2.40. The summed E-state index contributed by atoms with van der Waals surface area (Å²) in [7, 11) is 5.01. The fourth-order valence-corrected chi connectivity index (χ4v) is 4.93. The van der Waals surface area contributed by atoms with Gasteiger partial charge in [0, 0.05) is 0 Å². The Morgan fingerprint density at radius 2 is 1.45 bits per heavy atom. The van der Waals surface area contributed by atoms with Crippen LogP contribution in [0.3, 0.4) is 0 Å². The summed E-state index contributed by atoms with van der Waals surface area (Å²) in [4.78, 5) is 0. The third-order valence-corrected chi connectivity index (χ3v) is 7.71. The monoisotopic (exact) mass is 224 g/mol. The fraction of sp³-hybridized carbons (Fsp3) is 1.00. The first-order valence-electron chi connectivity index (χ1n) is 3.90. The fourth-order valence-electron chi connectivity index (χ4n) is 0.949. The van der Waals surface area contributed by atoms with Gasteiger partial charge in [0.1, 0.15) is 0 Å². The standard InChI is InChI=1S/C7H18GeO3/c1-5-6-7-8(9-2,10-3)11-4/h5-7H2,1-4H3. The van der Waals surface area contributed by atoms with E-state index in [0.717, 1.165) is 18.1 Å². The Bertz CT molecular complexity index is 85.4. The van der Waals surface area contributed by atoms with E-state index >= 15 is 0 Å². The molecule has 0 amide bonds. The van der Waals surface area contributed by atoms with Gasteiger partial charge in [-0.3, -0.25) is 0 Å². The molecule has 0 saturated heterocycles. The van der Waals surface area contributed by atoms with E-state index in [9.17, 15) is 0 Å². The molecule has 0 aromatic heterocycles. The molecule has 3 nitrogen and oxygen atoms in total. The topological polar surface area (TPSA) is 27.7 Å². The molecule has 0 aliphatic rings. The van der Waals surface area contributed by atoms with Crippen molar-refractivity contribution in [2.75, 3.05) is 21.3 Å². The van der Waals surface area contributed by atoms with Crippen molar-refractivity contribution in [3.63, 3.8) is 0 Å². The van der Waals surface area contributed by atoms with E-state index in [1.807, 2.05) is 0 Å². The quantitative estimate of drug-likeness (QED) is 0.640. The summed E-state index contributed by atoms with van der Waals surface area (Å²) in [5, 5.41) is 0.958. The molecule has 0 aliphatic heterocycles. The molecular formula is C7H18GeO3. The molecule has 0 aromatic rings. The Balaban J connectivity index is 3.84. The molecule has 0 aliphatic carbocycles. The van der Waals surface area contributed by atoms with Gasteiger partial charge in [-0.25, -0.2) is 0 Å². The van der Waals surface area contributed by atoms with E-state index in [-0.39, 0.29) is 0 Å². The molecule has 0 N–H and O–H groups in total. The molecule has 0 saturated carbocycles. The molecule has 0 radical (unpaired) electrons. The summed E-state index contributed by atoms with van der Waals surface area (Å²) in [5.74, 6) is 0. The predicted octanol–water partition coefficient (Wildman–Crippen LogP) is 1.66. The van der Waals surface area contributed by atoms with Gasteiger partial charge in [0.05, 0.1) is 0 Å². The second kappa shape index (κ2) is 6.00. The van der Waals surface area contributed by atoms with E-state index in [4.69, 9.17) is 11.3 Å². The molecule has 0 rings (SSSR count). The first kappa shape index (κ1) is 11.4. The van der Waals surface area contributed by atoms with Crippen molar-refractivity contribution in [2.45, 2.75) is 25.0 Å². The second-order valence-corrected chi connectivity index (χ2v) is 8.88. The van der Waals surface area contributed by atoms with Crippen LogP contribution in [0.2, 0.25) is 5.25 Å². The van der Waals surface area contributed by atoms with Crippen molar-refractivity contribution in [1.29, 1.82) is 0 Å². The van der Waals surface area contributed by atoms with Crippen molar-refractivity contribution in [1.82, 2.24) is 0 Å². The molecule has 0 bridgehead atoms. The van der Waals surface area contributed by atoms with Crippen molar-refractivity contribution in [2.24, 2.45) is 0 Å². The van der Waals surface area contributed by atoms with Gasteiger partial charge in [0.15, 0.2) is 0 Å².